The number of allylic oxidation sites excluding steroid dienone is 1. The molecule has 1 aliphatic heterocycles. The maximum atomic E-state index is 6.58. The van der Waals surface area contributed by atoms with Crippen LogP contribution in [0.3, 0.4) is 0 Å². The summed E-state index contributed by atoms with van der Waals surface area (Å²) >= 11 is 1.72. The van der Waals surface area contributed by atoms with Gasteiger partial charge in [0.25, 0.3) is 0 Å². The van der Waals surface area contributed by atoms with Gasteiger partial charge in [-0.05, 0) is 63.9 Å². The van der Waals surface area contributed by atoms with E-state index in [4.69, 9.17) is 4.42 Å². The Morgan fingerprint density at radius 3 is 2.43 bits per heavy atom. The summed E-state index contributed by atoms with van der Waals surface area (Å²) in [6, 6.07) is 23.8. The normalized spacial score (nSPS) is 13.2. The number of hydrogen-bond acceptors (Lipinski definition) is 2. The molecule has 6 rings (SSSR count). The minimum atomic E-state index is 0.952. The Balaban J connectivity index is 1.67. The van der Waals surface area contributed by atoms with Crippen molar-refractivity contribution in [3.63, 3.8) is 0 Å². The van der Waals surface area contributed by atoms with Gasteiger partial charge >= 0.3 is 0 Å². The summed E-state index contributed by atoms with van der Waals surface area (Å²) in [5, 5.41) is 4.67. The first kappa shape index (κ1) is 15.9. The number of benzene rings is 2. The molecule has 134 valence electrons. The van der Waals surface area contributed by atoms with Gasteiger partial charge in [0.15, 0.2) is 0 Å². The van der Waals surface area contributed by atoms with Crippen molar-refractivity contribution in [1.82, 2.24) is 0 Å². The van der Waals surface area contributed by atoms with E-state index in [1.54, 1.807) is 11.3 Å². The Morgan fingerprint density at radius 2 is 1.64 bits per heavy atom. The molecule has 0 fully saturated rings. The van der Waals surface area contributed by atoms with Gasteiger partial charge in [0.1, 0.15) is 11.5 Å². The van der Waals surface area contributed by atoms with Crippen LogP contribution in [0.4, 0.5) is 0 Å². The highest BCUT2D eigenvalue weighted by Gasteiger charge is 2.27. The molecule has 28 heavy (non-hydrogen) atoms. The lowest BCUT2D eigenvalue weighted by Crippen LogP contribution is -1.89. The molecular formula is C26H18OS. The van der Waals surface area contributed by atoms with Crippen molar-refractivity contribution in [1.29, 1.82) is 0 Å². The summed E-state index contributed by atoms with van der Waals surface area (Å²) < 4.78 is 6.58. The highest BCUT2D eigenvalue weighted by molar-refractivity contribution is 7.13. The summed E-state index contributed by atoms with van der Waals surface area (Å²) in [5.74, 6) is 1.97. The van der Waals surface area contributed by atoms with Crippen LogP contribution in [0.15, 0.2) is 76.5 Å². The molecule has 2 heterocycles. The second kappa shape index (κ2) is 5.95. The molecule has 0 saturated carbocycles. The molecule has 0 spiro atoms. The van der Waals surface area contributed by atoms with Crippen LogP contribution in [-0.2, 0) is 6.42 Å². The minimum absolute atomic E-state index is 0.952. The minimum Gasteiger partial charge on any atom is -0.455 e. The van der Waals surface area contributed by atoms with Crippen LogP contribution in [0, 0.1) is 6.92 Å². The molecule has 2 aromatic carbocycles. The van der Waals surface area contributed by atoms with Gasteiger partial charge in [0.2, 0.25) is 0 Å². The van der Waals surface area contributed by atoms with Crippen molar-refractivity contribution in [2.75, 3.05) is 0 Å². The van der Waals surface area contributed by atoms with Gasteiger partial charge in [-0.15, -0.1) is 11.3 Å². The number of aryl methyl sites for hydroxylation is 1. The summed E-state index contributed by atoms with van der Waals surface area (Å²) in [6.07, 6.45) is 3.29. The topological polar surface area (TPSA) is 13.1 Å². The van der Waals surface area contributed by atoms with Crippen molar-refractivity contribution in [3.8, 4) is 22.0 Å². The SMILES string of the molecule is Cc1cc(-c2cccs2)oc2c(C3=Cc4ccccc4C3)c3ccccc3c1-2. The average molecular weight is 378 g/mol. The van der Waals surface area contributed by atoms with Crippen molar-refractivity contribution in [2.45, 2.75) is 13.3 Å². The number of fused-ring (bicyclic) bond motifs is 4. The zero-order chi connectivity index (χ0) is 18.7. The molecule has 1 aromatic heterocycles. The maximum Gasteiger partial charge on any atom is 0.144 e. The molecule has 2 heteroatoms. The van der Waals surface area contributed by atoms with Gasteiger partial charge in [-0.2, -0.15) is 0 Å². The molecular weight excluding hydrogens is 360 g/mol. The molecule has 0 radical (unpaired) electrons. The van der Waals surface area contributed by atoms with Gasteiger partial charge in [-0.1, -0.05) is 60.7 Å². The molecule has 1 nitrogen and oxygen atoms in total. The van der Waals surface area contributed by atoms with Crippen LogP contribution >= 0.6 is 11.3 Å². The van der Waals surface area contributed by atoms with Crippen molar-refractivity contribution < 1.29 is 4.42 Å². The van der Waals surface area contributed by atoms with E-state index in [1.807, 2.05) is 0 Å². The zero-order valence-electron chi connectivity index (χ0n) is 15.5. The highest BCUT2D eigenvalue weighted by Crippen LogP contribution is 2.48. The quantitative estimate of drug-likeness (QED) is 0.307. The van der Waals surface area contributed by atoms with Crippen LogP contribution < -0.4 is 0 Å². The molecule has 0 atom stereocenters. The fraction of sp³-hybridized carbons (Fsp3) is 0.0769. The number of hydrogen-bond donors (Lipinski definition) is 0. The Labute approximate surface area is 167 Å². The number of rotatable bonds is 2. The first-order valence-electron chi connectivity index (χ1n) is 9.57. The van der Waals surface area contributed by atoms with E-state index in [1.165, 1.54) is 49.0 Å². The van der Waals surface area contributed by atoms with Gasteiger partial charge in [-0.25, -0.2) is 0 Å². The average Bonchev–Trinajstić information content (AvgIpc) is 3.44. The first-order valence-corrected chi connectivity index (χ1v) is 10.4. The smallest absolute Gasteiger partial charge is 0.144 e. The molecule has 3 aliphatic rings. The van der Waals surface area contributed by atoms with E-state index in [9.17, 15) is 0 Å². The second-order valence-corrected chi connectivity index (χ2v) is 8.39. The first-order chi connectivity index (χ1) is 13.8. The van der Waals surface area contributed by atoms with Crippen molar-refractivity contribution in [2.24, 2.45) is 0 Å². The second-order valence-electron chi connectivity index (χ2n) is 7.44. The standard InChI is InChI=1S/C26H18OS/c1-16-13-22(23-11-6-12-28-23)27-26-24(16)20-9-4-5-10-21(20)25(26)19-14-17-7-2-3-8-18(17)15-19/h2-14H,15H2,1H3. The van der Waals surface area contributed by atoms with Gasteiger partial charge in [0, 0.05) is 11.1 Å². The van der Waals surface area contributed by atoms with E-state index in [2.05, 4.69) is 85.1 Å². The third-order valence-corrected chi connectivity index (χ3v) is 6.61. The summed E-state index contributed by atoms with van der Waals surface area (Å²) in [5.41, 5.74) is 7.82. The van der Waals surface area contributed by atoms with Crippen LogP contribution in [-0.4, -0.2) is 0 Å². The van der Waals surface area contributed by atoms with E-state index >= 15 is 0 Å². The van der Waals surface area contributed by atoms with Crippen LogP contribution in [0.1, 0.15) is 22.3 Å². The Bertz CT molecular complexity index is 1330. The molecule has 0 saturated heterocycles. The Kier molecular flexibility index (Phi) is 3.38. The lowest BCUT2D eigenvalue weighted by atomic mass is 10.0. The fourth-order valence-corrected chi connectivity index (χ4v) is 5.17. The largest absolute Gasteiger partial charge is 0.455 e. The molecule has 2 aliphatic carbocycles. The van der Waals surface area contributed by atoms with Gasteiger partial charge in [0.05, 0.1) is 4.88 Å². The van der Waals surface area contributed by atoms with E-state index in [0.717, 1.165) is 17.9 Å². The maximum absolute atomic E-state index is 6.58. The molecule has 0 amide bonds. The summed E-state index contributed by atoms with van der Waals surface area (Å²) in [7, 11) is 0. The highest BCUT2D eigenvalue weighted by atomic mass is 32.1. The third-order valence-electron chi connectivity index (χ3n) is 5.72. The Morgan fingerprint density at radius 1 is 0.857 bits per heavy atom. The zero-order valence-corrected chi connectivity index (χ0v) is 16.3. The van der Waals surface area contributed by atoms with Crippen molar-refractivity contribution >= 4 is 33.8 Å². The summed E-state index contributed by atoms with van der Waals surface area (Å²) in [6.45, 7) is 2.20. The third kappa shape index (κ3) is 2.25. The molecule has 0 N–H and O–H groups in total. The van der Waals surface area contributed by atoms with Gasteiger partial charge < -0.3 is 4.42 Å². The Hall–Kier alpha value is -3.10. The lowest BCUT2D eigenvalue weighted by Gasteiger charge is -2.10. The predicted octanol–water partition coefficient (Wildman–Crippen LogP) is 7.67. The number of thiophene rings is 1. The summed E-state index contributed by atoms with van der Waals surface area (Å²) in [4.78, 5) is 1.17. The molecule has 0 bridgehead atoms. The monoisotopic (exact) mass is 378 g/mol. The van der Waals surface area contributed by atoms with E-state index in [0.29, 0.717) is 0 Å². The molecule has 0 unspecified atom stereocenters. The predicted molar refractivity (Wildman–Crippen MR) is 119 cm³/mol. The van der Waals surface area contributed by atoms with Crippen LogP contribution in [0.25, 0.3) is 44.4 Å². The lowest BCUT2D eigenvalue weighted by molar-refractivity contribution is 0.582. The van der Waals surface area contributed by atoms with Crippen molar-refractivity contribution in [3.05, 3.63) is 94.4 Å². The molecule has 3 aromatic rings. The fourth-order valence-electron chi connectivity index (χ4n) is 4.49. The van der Waals surface area contributed by atoms with Gasteiger partial charge in [-0.3, -0.25) is 0 Å². The van der Waals surface area contributed by atoms with Crippen LogP contribution in [0.2, 0.25) is 0 Å². The van der Waals surface area contributed by atoms with E-state index in [-0.39, 0.29) is 0 Å². The van der Waals surface area contributed by atoms with Crippen LogP contribution in [0.5, 0.6) is 0 Å². The van der Waals surface area contributed by atoms with E-state index < -0.39 is 0 Å².